The lowest BCUT2D eigenvalue weighted by molar-refractivity contribution is -0.119. The smallest absolute Gasteiger partial charge is 0.231 e. The lowest BCUT2D eigenvalue weighted by Gasteiger charge is -2.22. The highest BCUT2D eigenvalue weighted by Gasteiger charge is 2.42. The van der Waals surface area contributed by atoms with Crippen molar-refractivity contribution in [1.82, 2.24) is 15.3 Å². The van der Waals surface area contributed by atoms with Crippen molar-refractivity contribution >= 4 is 17.7 Å². The van der Waals surface area contributed by atoms with Crippen LogP contribution in [0.25, 0.3) is 0 Å². The predicted molar refractivity (Wildman–Crippen MR) is 81.9 cm³/mol. The van der Waals surface area contributed by atoms with E-state index < -0.39 is 5.54 Å². The first-order valence-electron chi connectivity index (χ1n) is 7.02. The highest BCUT2D eigenvalue weighted by molar-refractivity contribution is 7.99. The fourth-order valence-electron chi connectivity index (χ4n) is 2.14. The zero-order valence-electron chi connectivity index (χ0n) is 12.9. The van der Waals surface area contributed by atoms with Crippen LogP contribution in [0.1, 0.15) is 36.7 Å². The Balaban J connectivity index is 1.94. The number of hydrogen-bond acceptors (Lipinski definition) is 5. The number of aromatic nitrogens is 2. The Hall–Kier alpha value is -1.61. The number of carbonyl (C=O) groups excluding carboxylic acids is 1. The number of rotatable bonds is 5. The van der Waals surface area contributed by atoms with E-state index in [2.05, 4.69) is 21.4 Å². The van der Waals surface area contributed by atoms with Gasteiger partial charge in [0.1, 0.15) is 5.54 Å². The number of hydrogen-bond donors (Lipinski definition) is 1. The van der Waals surface area contributed by atoms with E-state index in [1.54, 1.807) is 6.92 Å². The van der Waals surface area contributed by atoms with Crippen LogP contribution < -0.4 is 5.32 Å². The van der Waals surface area contributed by atoms with E-state index in [-0.39, 0.29) is 17.6 Å². The molecule has 1 saturated carbocycles. The molecule has 1 fully saturated rings. The molecule has 1 aromatic rings. The first-order chi connectivity index (χ1) is 9.85. The summed E-state index contributed by atoms with van der Waals surface area (Å²) in [6.07, 6.45) is 2.02. The van der Waals surface area contributed by atoms with Crippen LogP contribution in [0.2, 0.25) is 0 Å². The Bertz CT molecular complexity index is 583. The van der Waals surface area contributed by atoms with Crippen molar-refractivity contribution in [2.45, 2.75) is 51.2 Å². The Morgan fingerprint density at radius 2 is 1.95 bits per heavy atom. The molecule has 0 saturated heterocycles. The van der Waals surface area contributed by atoms with Crippen molar-refractivity contribution in [3.63, 3.8) is 0 Å². The first kappa shape index (κ1) is 15.8. The molecule has 0 unspecified atom stereocenters. The molecular formula is C15H20N4OS. The second kappa shape index (κ2) is 6.02. The fraction of sp³-hybridized carbons (Fsp3) is 0.600. The van der Waals surface area contributed by atoms with Gasteiger partial charge in [0.2, 0.25) is 5.91 Å². The predicted octanol–water partition coefficient (Wildman–Crippen LogP) is 2.30. The van der Waals surface area contributed by atoms with Gasteiger partial charge in [0, 0.05) is 11.4 Å². The number of amides is 1. The van der Waals surface area contributed by atoms with Gasteiger partial charge in [0.15, 0.2) is 5.16 Å². The molecule has 0 aromatic carbocycles. The van der Waals surface area contributed by atoms with Gasteiger partial charge in [0.05, 0.1) is 11.8 Å². The van der Waals surface area contributed by atoms with Crippen LogP contribution in [0.5, 0.6) is 0 Å². The molecule has 1 N–H and O–H groups in total. The summed E-state index contributed by atoms with van der Waals surface area (Å²) in [5, 5.41) is 12.7. The van der Waals surface area contributed by atoms with Crippen molar-refractivity contribution < 1.29 is 4.79 Å². The lowest BCUT2D eigenvalue weighted by atomic mass is 9.98. The molecule has 1 aliphatic rings. The molecule has 5 nitrogen and oxygen atoms in total. The third-order valence-corrected chi connectivity index (χ3v) is 4.82. The molecular weight excluding hydrogens is 284 g/mol. The maximum absolute atomic E-state index is 12.0. The van der Waals surface area contributed by atoms with E-state index >= 15 is 0 Å². The molecule has 2 rings (SSSR count). The second-order valence-electron chi connectivity index (χ2n) is 5.73. The maximum Gasteiger partial charge on any atom is 0.231 e. The van der Waals surface area contributed by atoms with Crippen molar-refractivity contribution in [1.29, 1.82) is 5.26 Å². The van der Waals surface area contributed by atoms with E-state index in [4.69, 9.17) is 0 Å². The zero-order chi connectivity index (χ0) is 15.6. The molecule has 1 aliphatic carbocycles. The van der Waals surface area contributed by atoms with Crippen molar-refractivity contribution in [3.05, 3.63) is 17.0 Å². The summed E-state index contributed by atoms with van der Waals surface area (Å²) >= 11 is 1.31. The summed E-state index contributed by atoms with van der Waals surface area (Å²) in [4.78, 5) is 20.8. The minimum Gasteiger partial charge on any atom is -0.337 e. The van der Waals surface area contributed by atoms with Gasteiger partial charge in [-0.25, -0.2) is 9.97 Å². The molecule has 6 heteroatoms. The molecule has 0 aliphatic heterocycles. The van der Waals surface area contributed by atoms with Crippen LogP contribution in [0.3, 0.4) is 0 Å². The molecule has 112 valence electrons. The Kier molecular flexibility index (Phi) is 4.52. The third kappa shape index (κ3) is 3.73. The van der Waals surface area contributed by atoms with Gasteiger partial charge < -0.3 is 5.32 Å². The summed E-state index contributed by atoms with van der Waals surface area (Å²) in [6.45, 7) is 7.66. The molecule has 0 radical (unpaired) electrons. The number of nitrogens with zero attached hydrogens (tertiary/aromatic N) is 3. The first-order valence-corrected chi connectivity index (χ1v) is 8.01. The van der Waals surface area contributed by atoms with Gasteiger partial charge in [-0.3, -0.25) is 4.79 Å². The average molecular weight is 304 g/mol. The van der Waals surface area contributed by atoms with E-state index in [0.717, 1.165) is 29.8 Å². The van der Waals surface area contributed by atoms with Gasteiger partial charge in [-0.1, -0.05) is 11.8 Å². The van der Waals surface area contributed by atoms with E-state index in [1.807, 2.05) is 20.8 Å². The normalized spacial score (nSPS) is 16.9. The van der Waals surface area contributed by atoms with E-state index in [1.165, 1.54) is 11.8 Å². The highest BCUT2D eigenvalue weighted by atomic mass is 32.2. The van der Waals surface area contributed by atoms with Crippen LogP contribution in [-0.4, -0.2) is 27.2 Å². The summed E-state index contributed by atoms with van der Waals surface area (Å²) < 4.78 is 0. The van der Waals surface area contributed by atoms with Crippen molar-refractivity contribution in [2.24, 2.45) is 5.92 Å². The monoisotopic (exact) mass is 304 g/mol. The molecule has 1 aromatic heterocycles. The SMILES string of the molecule is Cc1nc(SCC(=O)N[C@@](C)(C#N)C2CC2)nc(C)c1C. The number of thioether (sulfide) groups is 1. The zero-order valence-corrected chi connectivity index (χ0v) is 13.7. The largest absolute Gasteiger partial charge is 0.337 e. The second-order valence-corrected chi connectivity index (χ2v) is 6.67. The number of nitrogens with one attached hydrogen (secondary N) is 1. The number of carbonyl (C=O) groups is 1. The Morgan fingerprint density at radius 1 is 1.38 bits per heavy atom. The van der Waals surface area contributed by atoms with Crippen LogP contribution in [-0.2, 0) is 4.79 Å². The highest BCUT2D eigenvalue weighted by Crippen LogP contribution is 2.39. The van der Waals surface area contributed by atoms with Crippen LogP contribution >= 0.6 is 11.8 Å². The summed E-state index contributed by atoms with van der Waals surface area (Å²) in [5.74, 6) is 0.373. The maximum atomic E-state index is 12.0. The summed E-state index contributed by atoms with van der Waals surface area (Å²) in [6, 6.07) is 2.22. The number of nitriles is 1. The van der Waals surface area contributed by atoms with Gasteiger partial charge in [-0.05, 0) is 52.0 Å². The topological polar surface area (TPSA) is 78.7 Å². The molecule has 0 bridgehead atoms. The van der Waals surface area contributed by atoms with Gasteiger partial charge in [-0.15, -0.1) is 0 Å². The standard InChI is InChI=1S/C15H20N4OS/c1-9-10(2)17-14(18-11(9)3)21-7-13(20)19-15(4,8-16)12-5-6-12/h12H,5-7H2,1-4H3,(H,19,20)/t15-/m0/s1. The Morgan fingerprint density at radius 3 is 2.43 bits per heavy atom. The molecule has 21 heavy (non-hydrogen) atoms. The third-order valence-electron chi connectivity index (χ3n) is 3.97. The quantitative estimate of drug-likeness (QED) is 0.667. The van der Waals surface area contributed by atoms with Crippen LogP contribution in [0.15, 0.2) is 5.16 Å². The minimum absolute atomic E-state index is 0.143. The molecule has 1 amide bonds. The van der Waals surface area contributed by atoms with Gasteiger partial charge >= 0.3 is 0 Å². The van der Waals surface area contributed by atoms with Gasteiger partial charge in [-0.2, -0.15) is 5.26 Å². The average Bonchev–Trinajstić information content (AvgIpc) is 3.27. The molecule has 0 spiro atoms. The summed E-state index contributed by atoms with van der Waals surface area (Å²) in [7, 11) is 0. The molecule has 1 heterocycles. The minimum atomic E-state index is -0.738. The fourth-order valence-corrected chi connectivity index (χ4v) is 2.88. The van der Waals surface area contributed by atoms with Crippen molar-refractivity contribution in [3.8, 4) is 6.07 Å². The lowest BCUT2D eigenvalue weighted by Crippen LogP contribution is -2.47. The molecule has 1 atom stereocenters. The van der Waals surface area contributed by atoms with Crippen molar-refractivity contribution in [2.75, 3.05) is 5.75 Å². The van der Waals surface area contributed by atoms with Gasteiger partial charge in [0.25, 0.3) is 0 Å². The summed E-state index contributed by atoms with van der Waals surface area (Å²) in [5.41, 5.74) is 2.21. The van der Waals surface area contributed by atoms with Crippen LogP contribution in [0, 0.1) is 38.0 Å². The Labute approximate surface area is 129 Å². The van der Waals surface area contributed by atoms with E-state index in [9.17, 15) is 10.1 Å². The van der Waals surface area contributed by atoms with E-state index in [0.29, 0.717) is 5.16 Å². The van der Waals surface area contributed by atoms with Crippen LogP contribution in [0.4, 0.5) is 0 Å². The number of aryl methyl sites for hydroxylation is 2.